The Labute approximate surface area is 208 Å². The number of carbonyl (C=O) groups excluding carboxylic acids is 2. The van der Waals surface area contributed by atoms with Gasteiger partial charge >= 0.3 is 11.9 Å². The van der Waals surface area contributed by atoms with Gasteiger partial charge < -0.3 is 19.3 Å². The van der Waals surface area contributed by atoms with Crippen molar-refractivity contribution < 1.29 is 41.5 Å². The van der Waals surface area contributed by atoms with E-state index in [-0.39, 0.29) is 22.6 Å². The molecule has 0 aliphatic carbocycles. The first kappa shape index (κ1) is 25.5. The highest BCUT2D eigenvalue weighted by molar-refractivity contribution is 7.86. The number of benzene rings is 3. The lowest BCUT2D eigenvalue weighted by Gasteiger charge is -2.38. The minimum Gasteiger partial charge on any atom is -0.452 e. The van der Waals surface area contributed by atoms with E-state index in [2.05, 4.69) is 0 Å². The van der Waals surface area contributed by atoms with Crippen molar-refractivity contribution in [3.63, 3.8) is 0 Å². The Hall–Kier alpha value is -3.57. The number of hydrogen-bond acceptors (Lipinski definition) is 9. The van der Waals surface area contributed by atoms with Crippen LogP contribution in [0.5, 0.6) is 0 Å². The Kier molecular flexibility index (Phi) is 7.80. The normalized spacial score (nSPS) is 21.9. The molecule has 3 aromatic rings. The van der Waals surface area contributed by atoms with Crippen LogP contribution < -0.4 is 0 Å². The van der Waals surface area contributed by atoms with Gasteiger partial charge in [0.15, 0.2) is 24.6 Å². The van der Waals surface area contributed by atoms with Gasteiger partial charge in [0.05, 0.1) is 22.6 Å². The van der Waals surface area contributed by atoms with Crippen LogP contribution >= 0.6 is 0 Å². The molecular formula is C26H24O9S. The highest BCUT2D eigenvalue weighted by Gasteiger charge is 2.48. The number of rotatable bonds is 7. The molecule has 4 rings (SSSR count). The maximum absolute atomic E-state index is 13.0. The zero-order valence-corrected chi connectivity index (χ0v) is 20.0. The Bertz CT molecular complexity index is 1290. The number of esters is 2. The fourth-order valence-electron chi connectivity index (χ4n) is 3.56. The van der Waals surface area contributed by atoms with Crippen LogP contribution in [0.15, 0.2) is 89.8 Å². The van der Waals surface area contributed by atoms with Crippen molar-refractivity contribution in [1.82, 2.24) is 0 Å². The molecule has 1 aliphatic heterocycles. The highest BCUT2D eigenvalue weighted by atomic mass is 32.2. The van der Waals surface area contributed by atoms with Crippen molar-refractivity contribution in [1.29, 1.82) is 0 Å². The van der Waals surface area contributed by atoms with E-state index in [0.29, 0.717) is 0 Å². The Morgan fingerprint density at radius 2 is 1.33 bits per heavy atom. The summed E-state index contributed by atoms with van der Waals surface area (Å²) in [4.78, 5) is 25.4. The van der Waals surface area contributed by atoms with Gasteiger partial charge in [0.2, 0.25) is 0 Å². The first-order chi connectivity index (χ1) is 17.2. The van der Waals surface area contributed by atoms with Gasteiger partial charge in [0, 0.05) is 0 Å². The van der Waals surface area contributed by atoms with Crippen LogP contribution in [0.2, 0.25) is 0 Å². The lowest BCUT2D eigenvalue weighted by molar-refractivity contribution is -0.243. The fourth-order valence-corrected chi connectivity index (χ4v) is 4.63. The summed E-state index contributed by atoms with van der Waals surface area (Å²) in [5, 5.41) is 10.5. The number of aliphatic hydroxyl groups is 1. The summed E-state index contributed by atoms with van der Waals surface area (Å²) < 4.78 is 47.6. The second-order valence-electron chi connectivity index (χ2n) is 8.10. The van der Waals surface area contributed by atoms with Crippen molar-refractivity contribution in [2.75, 3.05) is 6.61 Å². The van der Waals surface area contributed by atoms with Gasteiger partial charge in [-0.1, -0.05) is 54.1 Å². The molecule has 0 radical (unpaired) electrons. The summed E-state index contributed by atoms with van der Waals surface area (Å²) in [6, 6.07) is 21.9. The topological polar surface area (TPSA) is 125 Å². The van der Waals surface area contributed by atoms with Crippen molar-refractivity contribution in [2.24, 2.45) is 0 Å². The van der Waals surface area contributed by atoms with Gasteiger partial charge in [-0.25, -0.2) is 9.59 Å². The van der Waals surface area contributed by atoms with E-state index in [1.807, 2.05) is 0 Å². The molecule has 9 nitrogen and oxygen atoms in total. The lowest BCUT2D eigenvalue weighted by Crippen LogP contribution is -2.57. The smallest absolute Gasteiger partial charge is 0.338 e. The molecule has 188 valence electrons. The molecule has 4 unspecified atom stereocenters. The zero-order chi connectivity index (χ0) is 25.7. The van der Waals surface area contributed by atoms with Crippen molar-refractivity contribution in [3.05, 3.63) is 102 Å². The second kappa shape index (κ2) is 11.0. The van der Waals surface area contributed by atoms with Gasteiger partial charge in [-0.3, -0.25) is 4.18 Å². The number of ether oxygens (including phenoxy) is 3. The van der Waals surface area contributed by atoms with Crippen molar-refractivity contribution >= 4 is 22.1 Å². The van der Waals surface area contributed by atoms with E-state index in [1.165, 1.54) is 36.4 Å². The summed E-state index contributed by atoms with van der Waals surface area (Å²) >= 11 is 0. The van der Waals surface area contributed by atoms with Crippen LogP contribution in [0.4, 0.5) is 0 Å². The summed E-state index contributed by atoms with van der Waals surface area (Å²) in [6.07, 6.45) is -6.28. The van der Waals surface area contributed by atoms with Crippen LogP contribution in [0.1, 0.15) is 26.3 Å². The summed E-state index contributed by atoms with van der Waals surface area (Å²) in [6.45, 7) is 1.43. The highest BCUT2D eigenvalue weighted by Crippen LogP contribution is 2.28. The lowest BCUT2D eigenvalue weighted by atomic mass is 10.0. The van der Waals surface area contributed by atoms with Gasteiger partial charge in [-0.2, -0.15) is 8.42 Å². The van der Waals surface area contributed by atoms with Gasteiger partial charge in [0.25, 0.3) is 10.1 Å². The molecule has 1 saturated heterocycles. The van der Waals surface area contributed by atoms with Gasteiger partial charge in [0.1, 0.15) is 0 Å². The summed E-state index contributed by atoms with van der Waals surface area (Å²) in [5.41, 5.74) is 1.23. The molecule has 0 saturated carbocycles. The second-order valence-corrected chi connectivity index (χ2v) is 9.67. The van der Waals surface area contributed by atoms with Crippen LogP contribution in [0.3, 0.4) is 0 Å². The standard InChI is InChI=1S/C26H24O9S/c1-17-12-14-20(15-13-17)36(30,31)35-23-22(34-25(28)19-10-6-3-7-11-19)21(16-32-26(23)29)33-24(27)18-8-4-2-5-9-18/h2-15,21-23,26,29H,16H2,1H3. The fraction of sp³-hybridized carbons (Fsp3) is 0.231. The molecule has 36 heavy (non-hydrogen) atoms. The first-order valence-corrected chi connectivity index (χ1v) is 12.5. The van der Waals surface area contributed by atoms with Gasteiger partial charge in [-0.15, -0.1) is 0 Å². The summed E-state index contributed by atoms with van der Waals surface area (Å²) in [5.74, 6) is -1.57. The SMILES string of the molecule is Cc1ccc(S(=O)(=O)OC2C(O)OCC(OC(=O)c3ccccc3)C2OC(=O)c2ccccc2)cc1. The molecule has 3 aromatic carbocycles. The van der Waals surface area contributed by atoms with E-state index in [1.54, 1.807) is 55.5 Å². The van der Waals surface area contributed by atoms with Crippen LogP contribution in [0.25, 0.3) is 0 Å². The van der Waals surface area contributed by atoms with E-state index in [9.17, 15) is 23.1 Å². The summed E-state index contributed by atoms with van der Waals surface area (Å²) in [7, 11) is -4.42. The van der Waals surface area contributed by atoms with Gasteiger partial charge in [-0.05, 0) is 43.3 Å². The molecule has 0 amide bonds. The molecule has 1 N–H and O–H groups in total. The number of hydrogen-bond donors (Lipinski definition) is 1. The average molecular weight is 513 g/mol. The van der Waals surface area contributed by atoms with Crippen LogP contribution in [0, 0.1) is 6.92 Å². The molecule has 1 aliphatic rings. The molecule has 4 atom stereocenters. The quantitative estimate of drug-likeness (QED) is 0.376. The molecular weight excluding hydrogens is 488 g/mol. The van der Waals surface area contributed by atoms with Crippen molar-refractivity contribution in [3.8, 4) is 0 Å². The first-order valence-electron chi connectivity index (χ1n) is 11.1. The molecule has 0 aromatic heterocycles. The third kappa shape index (κ3) is 5.97. The molecule has 10 heteroatoms. The Balaban J connectivity index is 1.63. The molecule has 1 heterocycles. The van der Waals surface area contributed by atoms with Crippen LogP contribution in [-0.2, 0) is 28.5 Å². The number of carbonyl (C=O) groups is 2. The maximum atomic E-state index is 13.0. The minimum atomic E-state index is -4.42. The zero-order valence-electron chi connectivity index (χ0n) is 19.2. The van der Waals surface area contributed by atoms with Crippen LogP contribution in [-0.4, -0.2) is 56.7 Å². The minimum absolute atomic E-state index is 0.170. The van der Waals surface area contributed by atoms with E-state index < -0.39 is 46.7 Å². The molecule has 1 fully saturated rings. The average Bonchev–Trinajstić information content (AvgIpc) is 2.89. The largest absolute Gasteiger partial charge is 0.452 e. The number of aliphatic hydroxyl groups excluding tert-OH is 1. The Morgan fingerprint density at radius 3 is 1.89 bits per heavy atom. The molecule has 0 spiro atoms. The third-order valence-electron chi connectivity index (χ3n) is 5.47. The predicted molar refractivity (Wildman–Crippen MR) is 126 cm³/mol. The van der Waals surface area contributed by atoms with E-state index in [0.717, 1.165) is 5.56 Å². The van der Waals surface area contributed by atoms with Crippen molar-refractivity contribution in [2.45, 2.75) is 36.4 Å². The monoisotopic (exact) mass is 512 g/mol. The van der Waals surface area contributed by atoms with E-state index >= 15 is 0 Å². The predicted octanol–water partition coefficient (Wildman–Crippen LogP) is 2.87. The molecule has 0 bridgehead atoms. The third-order valence-corrected chi connectivity index (χ3v) is 6.80. The Morgan fingerprint density at radius 1 is 0.806 bits per heavy atom. The van der Waals surface area contributed by atoms with E-state index in [4.69, 9.17) is 18.4 Å². The maximum Gasteiger partial charge on any atom is 0.338 e. The number of aryl methyl sites for hydroxylation is 1.